The molecule has 1 N–H and O–H groups in total. The number of para-hydroxylation sites is 1. The molecule has 3 aromatic rings. The Kier molecular flexibility index (Phi) is 3.51. The summed E-state index contributed by atoms with van der Waals surface area (Å²) in [6, 6.07) is 14.7. The topological polar surface area (TPSA) is 69.0 Å². The maximum absolute atomic E-state index is 12.1. The first-order valence-corrected chi connectivity index (χ1v) is 6.48. The van der Waals surface area contributed by atoms with Gasteiger partial charge in [-0.2, -0.15) is 0 Å². The lowest BCUT2D eigenvalue weighted by molar-refractivity contribution is -0.116. The zero-order chi connectivity index (χ0) is 14.7. The Hall–Kier alpha value is -2.89. The fourth-order valence-corrected chi connectivity index (χ4v) is 2.07. The quantitative estimate of drug-likeness (QED) is 0.795. The second kappa shape index (κ2) is 5.62. The van der Waals surface area contributed by atoms with Gasteiger partial charge in [0.15, 0.2) is 0 Å². The molecule has 0 aliphatic carbocycles. The molecule has 21 heavy (non-hydrogen) atoms. The molecule has 0 aliphatic rings. The average Bonchev–Trinajstić information content (AvgIpc) is 2.91. The average molecular weight is 282 g/mol. The van der Waals surface area contributed by atoms with E-state index in [-0.39, 0.29) is 12.5 Å². The number of nitrogens with one attached hydrogen (secondary N) is 1. The van der Waals surface area contributed by atoms with Gasteiger partial charge in [-0.15, -0.1) is 5.10 Å². The van der Waals surface area contributed by atoms with Gasteiger partial charge in [0.1, 0.15) is 17.8 Å². The molecule has 106 valence electrons. The van der Waals surface area contributed by atoms with Gasteiger partial charge >= 0.3 is 0 Å². The monoisotopic (exact) mass is 282 g/mol. The number of rotatable bonds is 4. The molecule has 0 fully saturated rings. The van der Waals surface area contributed by atoms with Crippen LogP contribution in [0.4, 0.5) is 5.69 Å². The highest BCUT2D eigenvalue weighted by atomic mass is 16.5. The van der Waals surface area contributed by atoms with E-state index >= 15 is 0 Å². The minimum Gasteiger partial charge on any atom is -0.497 e. The Morgan fingerprint density at radius 3 is 2.95 bits per heavy atom. The van der Waals surface area contributed by atoms with Gasteiger partial charge < -0.3 is 10.1 Å². The van der Waals surface area contributed by atoms with E-state index in [0.717, 1.165) is 11.0 Å². The van der Waals surface area contributed by atoms with Crippen molar-refractivity contribution in [3.8, 4) is 5.75 Å². The van der Waals surface area contributed by atoms with Gasteiger partial charge in [0.05, 0.1) is 12.6 Å². The Labute approximate surface area is 121 Å². The number of methoxy groups -OCH3 is 1. The van der Waals surface area contributed by atoms with E-state index in [1.54, 1.807) is 23.9 Å². The molecule has 3 rings (SSSR count). The normalized spacial score (nSPS) is 10.5. The highest BCUT2D eigenvalue weighted by Crippen LogP contribution is 2.17. The third kappa shape index (κ3) is 2.84. The molecule has 0 aliphatic heterocycles. The zero-order valence-corrected chi connectivity index (χ0v) is 11.5. The molecule has 6 heteroatoms. The number of benzene rings is 2. The van der Waals surface area contributed by atoms with E-state index in [0.29, 0.717) is 11.4 Å². The Balaban J connectivity index is 1.74. The van der Waals surface area contributed by atoms with Crippen LogP contribution in [-0.2, 0) is 11.3 Å². The summed E-state index contributed by atoms with van der Waals surface area (Å²) in [5.74, 6) is 0.526. The molecule has 2 aromatic carbocycles. The van der Waals surface area contributed by atoms with Crippen molar-refractivity contribution in [3.63, 3.8) is 0 Å². The summed E-state index contributed by atoms with van der Waals surface area (Å²) in [5.41, 5.74) is 2.29. The first-order chi connectivity index (χ1) is 10.3. The van der Waals surface area contributed by atoms with Gasteiger partial charge in [0, 0.05) is 11.8 Å². The number of carbonyl (C=O) groups excluding carboxylic acids is 1. The highest BCUT2D eigenvalue weighted by Gasteiger charge is 2.09. The number of amides is 1. The summed E-state index contributed by atoms with van der Waals surface area (Å²) >= 11 is 0. The maximum Gasteiger partial charge on any atom is 0.246 e. The molecule has 1 heterocycles. The number of aromatic nitrogens is 3. The summed E-state index contributed by atoms with van der Waals surface area (Å²) in [5, 5.41) is 10.8. The summed E-state index contributed by atoms with van der Waals surface area (Å²) in [6.07, 6.45) is 0. The minimum absolute atomic E-state index is 0.109. The van der Waals surface area contributed by atoms with Crippen molar-refractivity contribution < 1.29 is 9.53 Å². The lowest BCUT2D eigenvalue weighted by Gasteiger charge is -2.07. The van der Waals surface area contributed by atoms with Crippen molar-refractivity contribution in [1.82, 2.24) is 15.0 Å². The molecule has 0 saturated heterocycles. The van der Waals surface area contributed by atoms with Crippen LogP contribution in [0.25, 0.3) is 11.0 Å². The minimum atomic E-state index is -0.168. The van der Waals surface area contributed by atoms with Gasteiger partial charge in [-0.25, -0.2) is 4.68 Å². The number of ether oxygens (including phenoxy) is 1. The number of carbonyl (C=O) groups is 1. The number of hydrogen-bond acceptors (Lipinski definition) is 4. The number of hydrogen-bond donors (Lipinski definition) is 1. The van der Waals surface area contributed by atoms with Crippen molar-refractivity contribution in [2.75, 3.05) is 12.4 Å². The first-order valence-electron chi connectivity index (χ1n) is 6.48. The van der Waals surface area contributed by atoms with Crippen molar-refractivity contribution >= 4 is 22.6 Å². The summed E-state index contributed by atoms with van der Waals surface area (Å²) in [6.45, 7) is 0.109. The molecule has 1 amide bonds. The summed E-state index contributed by atoms with van der Waals surface area (Å²) in [4.78, 5) is 12.1. The molecule has 0 spiro atoms. The van der Waals surface area contributed by atoms with E-state index in [1.807, 2.05) is 36.4 Å². The van der Waals surface area contributed by atoms with Crippen molar-refractivity contribution in [3.05, 3.63) is 48.5 Å². The van der Waals surface area contributed by atoms with Crippen LogP contribution >= 0.6 is 0 Å². The highest BCUT2D eigenvalue weighted by molar-refractivity contribution is 5.91. The van der Waals surface area contributed by atoms with Crippen LogP contribution in [0.2, 0.25) is 0 Å². The SMILES string of the molecule is COc1cccc(NC(=O)Cn2nnc3ccccc32)c1. The molecular formula is C15H14N4O2. The van der Waals surface area contributed by atoms with Crippen LogP contribution in [-0.4, -0.2) is 28.0 Å². The third-order valence-electron chi connectivity index (χ3n) is 3.07. The Morgan fingerprint density at radius 1 is 1.24 bits per heavy atom. The maximum atomic E-state index is 12.1. The van der Waals surface area contributed by atoms with Crippen LogP contribution in [0.15, 0.2) is 48.5 Å². The van der Waals surface area contributed by atoms with Crippen molar-refractivity contribution in [2.24, 2.45) is 0 Å². The van der Waals surface area contributed by atoms with Crippen LogP contribution in [0.3, 0.4) is 0 Å². The first kappa shape index (κ1) is 13.1. The summed E-state index contributed by atoms with van der Waals surface area (Å²) in [7, 11) is 1.59. The van der Waals surface area contributed by atoms with E-state index in [2.05, 4.69) is 15.6 Å². The predicted molar refractivity (Wildman–Crippen MR) is 79.2 cm³/mol. The fourth-order valence-electron chi connectivity index (χ4n) is 2.07. The van der Waals surface area contributed by atoms with Gasteiger partial charge in [0.25, 0.3) is 0 Å². The van der Waals surface area contributed by atoms with Gasteiger partial charge in [-0.1, -0.05) is 23.4 Å². The Morgan fingerprint density at radius 2 is 2.10 bits per heavy atom. The lowest BCUT2D eigenvalue weighted by atomic mass is 10.3. The van der Waals surface area contributed by atoms with Crippen LogP contribution in [0, 0.1) is 0 Å². The molecular weight excluding hydrogens is 268 g/mol. The van der Waals surface area contributed by atoms with E-state index in [9.17, 15) is 4.79 Å². The smallest absolute Gasteiger partial charge is 0.246 e. The fraction of sp³-hybridized carbons (Fsp3) is 0.133. The zero-order valence-electron chi connectivity index (χ0n) is 11.5. The molecule has 0 bridgehead atoms. The van der Waals surface area contributed by atoms with Crippen molar-refractivity contribution in [2.45, 2.75) is 6.54 Å². The van der Waals surface area contributed by atoms with Gasteiger partial charge in [-0.05, 0) is 24.3 Å². The molecule has 0 radical (unpaired) electrons. The van der Waals surface area contributed by atoms with Crippen molar-refractivity contribution in [1.29, 1.82) is 0 Å². The number of nitrogens with zero attached hydrogens (tertiary/aromatic N) is 3. The predicted octanol–water partition coefficient (Wildman–Crippen LogP) is 2.08. The summed E-state index contributed by atoms with van der Waals surface area (Å²) < 4.78 is 6.70. The van der Waals surface area contributed by atoms with Gasteiger partial charge in [-0.3, -0.25) is 4.79 Å². The molecule has 0 saturated carbocycles. The number of fused-ring (bicyclic) bond motifs is 1. The molecule has 1 aromatic heterocycles. The van der Waals surface area contributed by atoms with E-state index in [4.69, 9.17) is 4.74 Å². The standard InChI is InChI=1S/C15H14N4O2/c1-21-12-6-4-5-11(9-12)16-15(20)10-19-14-8-3-2-7-13(14)17-18-19/h2-9H,10H2,1H3,(H,16,20). The second-order valence-electron chi connectivity index (χ2n) is 4.52. The van der Waals surface area contributed by atoms with E-state index in [1.165, 1.54) is 0 Å². The largest absolute Gasteiger partial charge is 0.497 e. The molecule has 6 nitrogen and oxygen atoms in total. The molecule has 0 atom stereocenters. The van der Waals surface area contributed by atoms with Crippen LogP contribution < -0.4 is 10.1 Å². The lowest BCUT2D eigenvalue weighted by Crippen LogP contribution is -2.19. The number of anilines is 1. The van der Waals surface area contributed by atoms with Crippen LogP contribution in [0.1, 0.15) is 0 Å². The van der Waals surface area contributed by atoms with E-state index < -0.39 is 0 Å². The van der Waals surface area contributed by atoms with Crippen LogP contribution in [0.5, 0.6) is 5.75 Å². The molecule has 0 unspecified atom stereocenters. The van der Waals surface area contributed by atoms with Gasteiger partial charge in [0.2, 0.25) is 5.91 Å². The Bertz CT molecular complexity index is 782. The second-order valence-corrected chi connectivity index (χ2v) is 4.52. The third-order valence-corrected chi connectivity index (χ3v) is 3.07.